The maximum absolute atomic E-state index is 13.8. The van der Waals surface area contributed by atoms with Crippen LogP contribution in [0.2, 0.25) is 5.02 Å². The van der Waals surface area contributed by atoms with Crippen molar-refractivity contribution < 1.29 is 9.18 Å². The van der Waals surface area contributed by atoms with Gasteiger partial charge in [0.25, 0.3) is 5.91 Å². The molecule has 0 bridgehead atoms. The summed E-state index contributed by atoms with van der Waals surface area (Å²) < 4.78 is 13.8. The Morgan fingerprint density at radius 2 is 1.87 bits per heavy atom. The predicted octanol–water partition coefficient (Wildman–Crippen LogP) is 4.85. The Morgan fingerprint density at radius 1 is 1.13 bits per heavy atom. The molecule has 0 fully saturated rings. The maximum Gasteiger partial charge on any atom is 0.254 e. The van der Waals surface area contributed by atoms with E-state index in [2.05, 4.69) is 17.4 Å². The van der Waals surface area contributed by atoms with Gasteiger partial charge in [0.1, 0.15) is 5.82 Å². The highest BCUT2D eigenvalue weighted by Crippen LogP contribution is 2.25. The predicted molar refractivity (Wildman–Crippen MR) is 90.4 cm³/mol. The van der Waals surface area contributed by atoms with E-state index in [0.717, 1.165) is 24.5 Å². The zero-order valence-electron chi connectivity index (χ0n) is 13.0. The average molecular weight is 332 g/mol. The molecular weight excluding hydrogens is 313 g/mol. The third kappa shape index (κ3) is 3.56. The van der Waals surface area contributed by atoms with Crippen molar-refractivity contribution in [3.63, 3.8) is 0 Å². The second-order valence-electron chi connectivity index (χ2n) is 6.05. The third-order valence-electron chi connectivity index (χ3n) is 4.40. The molecule has 1 N–H and O–H groups in total. The third-order valence-corrected chi connectivity index (χ3v) is 4.63. The molecule has 3 rings (SSSR count). The van der Waals surface area contributed by atoms with Gasteiger partial charge in [0.15, 0.2) is 0 Å². The summed E-state index contributed by atoms with van der Waals surface area (Å²) in [4.78, 5) is 12.3. The number of hydrogen-bond acceptors (Lipinski definition) is 1. The Labute approximate surface area is 140 Å². The largest absolute Gasteiger partial charge is 0.345 e. The van der Waals surface area contributed by atoms with Crippen LogP contribution in [0, 0.1) is 5.82 Å². The first kappa shape index (κ1) is 16.0. The van der Waals surface area contributed by atoms with Gasteiger partial charge in [-0.2, -0.15) is 0 Å². The van der Waals surface area contributed by atoms with Gasteiger partial charge < -0.3 is 5.32 Å². The lowest BCUT2D eigenvalue weighted by atomic mass is 9.89. The van der Waals surface area contributed by atoms with E-state index in [0.29, 0.717) is 0 Å². The number of aryl methyl sites for hydroxylation is 2. The lowest BCUT2D eigenvalue weighted by Gasteiger charge is -2.20. The van der Waals surface area contributed by atoms with Crippen LogP contribution >= 0.6 is 11.6 Å². The number of hydrogen-bond donors (Lipinski definition) is 1. The number of carbonyl (C=O) groups is 1. The molecule has 2 aromatic rings. The summed E-state index contributed by atoms with van der Waals surface area (Å²) in [5, 5.41) is 3.14. The Balaban J connectivity index is 1.76. The van der Waals surface area contributed by atoms with E-state index in [4.69, 9.17) is 11.6 Å². The number of halogens is 2. The Kier molecular flexibility index (Phi) is 4.67. The minimum absolute atomic E-state index is 0.0132. The van der Waals surface area contributed by atoms with E-state index in [1.54, 1.807) is 0 Å². The van der Waals surface area contributed by atoms with Crippen LogP contribution in [-0.4, -0.2) is 5.91 Å². The van der Waals surface area contributed by atoms with Gasteiger partial charge in [-0.25, -0.2) is 4.39 Å². The van der Waals surface area contributed by atoms with Crippen LogP contribution < -0.4 is 5.32 Å². The molecule has 0 saturated heterocycles. The quantitative estimate of drug-likeness (QED) is 0.856. The van der Waals surface area contributed by atoms with E-state index >= 15 is 0 Å². The van der Waals surface area contributed by atoms with E-state index in [9.17, 15) is 9.18 Å². The lowest BCUT2D eigenvalue weighted by molar-refractivity contribution is 0.0936. The summed E-state index contributed by atoms with van der Waals surface area (Å²) in [6, 6.07) is 10.3. The van der Waals surface area contributed by atoms with Crippen LogP contribution in [0.1, 0.15) is 52.9 Å². The van der Waals surface area contributed by atoms with Gasteiger partial charge in [-0.1, -0.05) is 29.8 Å². The maximum atomic E-state index is 13.8. The first-order valence-corrected chi connectivity index (χ1v) is 8.30. The van der Waals surface area contributed by atoms with Gasteiger partial charge in [-0.3, -0.25) is 4.79 Å². The molecule has 0 radical (unpaired) electrons. The fourth-order valence-corrected chi connectivity index (χ4v) is 3.21. The molecule has 1 amide bonds. The van der Waals surface area contributed by atoms with Gasteiger partial charge in [-0.05, 0) is 67.5 Å². The minimum atomic E-state index is -0.604. The van der Waals surface area contributed by atoms with E-state index < -0.39 is 11.7 Å². The fourth-order valence-electron chi connectivity index (χ4n) is 3.05. The van der Waals surface area contributed by atoms with Crippen molar-refractivity contribution in [3.8, 4) is 0 Å². The fraction of sp³-hybridized carbons (Fsp3) is 0.316. The van der Waals surface area contributed by atoms with E-state index in [-0.39, 0.29) is 16.6 Å². The topological polar surface area (TPSA) is 29.1 Å². The smallest absolute Gasteiger partial charge is 0.254 e. The second kappa shape index (κ2) is 6.71. The number of nitrogens with one attached hydrogen (secondary N) is 1. The standard InChI is InChI=1S/C19H19ClFNO/c1-12(14-7-6-13-4-2-3-5-15(13)10-14)22-19(23)17-9-8-16(20)11-18(17)21/h6-12H,2-5H2,1H3,(H,22,23). The molecule has 0 aliphatic heterocycles. The number of carbonyl (C=O) groups excluding carboxylic acids is 1. The highest BCUT2D eigenvalue weighted by Gasteiger charge is 2.17. The summed E-state index contributed by atoms with van der Waals surface area (Å²) in [7, 11) is 0. The van der Waals surface area contributed by atoms with Crippen molar-refractivity contribution in [2.75, 3.05) is 0 Å². The zero-order valence-corrected chi connectivity index (χ0v) is 13.8. The second-order valence-corrected chi connectivity index (χ2v) is 6.49. The molecule has 1 atom stereocenters. The molecule has 0 heterocycles. The Hall–Kier alpha value is -1.87. The zero-order chi connectivity index (χ0) is 16.4. The SMILES string of the molecule is CC(NC(=O)c1ccc(Cl)cc1F)c1ccc2c(c1)CCCC2. The summed E-state index contributed by atoms with van der Waals surface area (Å²) >= 11 is 5.72. The first-order valence-electron chi connectivity index (χ1n) is 7.92. The van der Waals surface area contributed by atoms with Crippen LogP contribution in [-0.2, 0) is 12.8 Å². The Morgan fingerprint density at radius 3 is 2.61 bits per heavy atom. The summed E-state index contributed by atoms with van der Waals surface area (Å²) in [5.41, 5.74) is 3.84. The molecule has 2 aromatic carbocycles. The summed E-state index contributed by atoms with van der Waals surface area (Å²) in [5.74, 6) is -1.03. The van der Waals surface area contributed by atoms with Crippen LogP contribution in [0.15, 0.2) is 36.4 Å². The molecule has 0 aromatic heterocycles. The van der Waals surface area contributed by atoms with Crippen LogP contribution in [0.5, 0.6) is 0 Å². The van der Waals surface area contributed by atoms with Crippen molar-refractivity contribution in [2.24, 2.45) is 0 Å². The van der Waals surface area contributed by atoms with Crippen molar-refractivity contribution in [1.82, 2.24) is 5.32 Å². The Bertz CT molecular complexity index is 744. The molecular formula is C19H19ClFNO. The van der Waals surface area contributed by atoms with Gasteiger partial charge >= 0.3 is 0 Å². The number of benzene rings is 2. The molecule has 0 spiro atoms. The van der Waals surface area contributed by atoms with Gasteiger partial charge in [0.2, 0.25) is 0 Å². The summed E-state index contributed by atoms with van der Waals surface area (Å²) in [6.07, 6.45) is 4.68. The van der Waals surface area contributed by atoms with Crippen molar-refractivity contribution in [3.05, 3.63) is 69.5 Å². The molecule has 120 valence electrons. The van der Waals surface area contributed by atoms with Crippen molar-refractivity contribution in [1.29, 1.82) is 0 Å². The minimum Gasteiger partial charge on any atom is -0.345 e. The van der Waals surface area contributed by atoms with Crippen LogP contribution in [0.4, 0.5) is 4.39 Å². The highest BCUT2D eigenvalue weighted by molar-refractivity contribution is 6.30. The molecule has 1 unspecified atom stereocenters. The van der Waals surface area contributed by atoms with Crippen molar-refractivity contribution in [2.45, 2.75) is 38.6 Å². The normalized spacial score (nSPS) is 14.9. The monoisotopic (exact) mass is 331 g/mol. The molecule has 1 aliphatic rings. The molecule has 1 aliphatic carbocycles. The number of fused-ring (bicyclic) bond motifs is 1. The highest BCUT2D eigenvalue weighted by atomic mass is 35.5. The van der Waals surface area contributed by atoms with Crippen LogP contribution in [0.3, 0.4) is 0 Å². The summed E-state index contributed by atoms with van der Waals surface area (Å²) in [6.45, 7) is 1.91. The van der Waals surface area contributed by atoms with Gasteiger partial charge in [0, 0.05) is 5.02 Å². The van der Waals surface area contributed by atoms with Gasteiger partial charge in [-0.15, -0.1) is 0 Å². The number of amides is 1. The molecule has 4 heteroatoms. The van der Waals surface area contributed by atoms with E-state index in [1.807, 2.05) is 13.0 Å². The average Bonchev–Trinajstić information content (AvgIpc) is 2.54. The molecule has 0 saturated carbocycles. The number of rotatable bonds is 3. The first-order chi connectivity index (χ1) is 11.0. The van der Waals surface area contributed by atoms with Crippen molar-refractivity contribution >= 4 is 17.5 Å². The lowest BCUT2D eigenvalue weighted by Crippen LogP contribution is -2.27. The van der Waals surface area contributed by atoms with E-state index in [1.165, 1.54) is 36.1 Å². The molecule has 2 nitrogen and oxygen atoms in total. The molecule has 23 heavy (non-hydrogen) atoms. The van der Waals surface area contributed by atoms with Gasteiger partial charge in [0.05, 0.1) is 11.6 Å². The van der Waals surface area contributed by atoms with Crippen LogP contribution in [0.25, 0.3) is 0 Å².